The van der Waals surface area contributed by atoms with E-state index in [1.807, 2.05) is 56.3 Å². The molecule has 0 saturated carbocycles. The van der Waals surface area contributed by atoms with E-state index in [1.54, 1.807) is 12.3 Å². The molecule has 0 amide bonds. The van der Waals surface area contributed by atoms with Crippen molar-refractivity contribution in [2.24, 2.45) is 0 Å². The first kappa shape index (κ1) is 30.4. The van der Waals surface area contributed by atoms with Crippen LogP contribution in [0.1, 0.15) is 37.9 Å². The van der Waals surface area contributed by atoms with E-state index >= 15 is 0 Å². The molecule has 3 N–H and O–H groups in total. The number of aromatic nitrogens is 6. The van der Waals surface area contributed by atoms with E-state index < -0.39 is 0 Å². The van der Waals surface area contributed by atoms with E-state index in [2.05, 4.69) is 72.2 Å². The average molecular weight is 609 g/mol. The van der Waals surface area contributed by atoms with E-state index in [0.717, 1.165) is 66.1 Å². The molecule has 0 bridgehead atoms. The molecule has 5 heterocycles. The SMILES string of the molecule is CC.N#Cc1cc(NC2CCN(Cc3ccc(-n4c(-c5cccnc5N)nc5ccc(-c6ccccc6)nc54)cc3)CC2)ncn1. The summed E-state index contributed by atoms with van der Waals surface area (Å²) in [6, 6.07) is 30.7. The largest absolute Gasteiger partial charge is 0.383 e. The first-order valence-electron chi connectivity index (χ1n) is 15.6. The molecule has 46 heavy (non-hydrogen) atoms. The predicted molar refractivity (Wildman–Crippen MR) is 182 cm³/mol. The molecule has 2 aromatic carbocycles. The summed E-state index contributed by atoms with van der Waals surface area (Å²) in [6.45, 7) is 6.80. The summed E-state index contributed by atoms with van der Waals surface area (Å²) in [7, 11) is 0. The summed E-state index contributed by atoms with van der Waals surface area (Å²) in [5.41, 5.74) is 13.1. The number of nitrogen functional groups attached to an aromatic ring is 1. The number of fused-ring (bicyclic) bond motifs is 1. The minimum atomic E-state index is 0.316. The number of imidazole rings is 1. The number of hydrogen-bond acceptors (Lipinski definition) is 9. The van der Waals surface area contributed by atoms with Gasteiger partial charge in [0, 0.05) is 49.2 Å². The van der Waals surface area contributed by atoms with Crippen molar-refractivity contribution in [2.75, 3.05) is 24.1 Å². The third-order valence-electron chi connectivity index (χ3n) is 7.98. The number of benzene rings is 2. The molecule has 1 aliphatic rings. The third-order valence-corrected chi connectivity index (χ3v) is 7.98. The molecule has 10 heteroatoms. The fourth-order valence-corrected chi connectivity index (χ4v) is 5.71. The summed E-state index contributed by atoms with van der Waals surface area (Å²) >= 11 is 0. The molecule has 4 aromatic heterocycles. The molecule has 0 unspecified atom stereocenters. The van der Waals surface area contributed by atoms with Gasteiger partial charge in [0.2, 0.25) is 0 Å². The molecule has 0 spiro atoms. The highest BCUT2D eigenvalue weighted by Gasteiger charge is 2.21. The van der Waals surface area contributed by atoms with Gasteiger partial charge in [-0.1, -0.05) is 56.3 Å². The number of pyridine rings is 2. The summed E-state index contributed by atoms with van der Waals surface area (Å²) in [5.74, 6) is 1.83. The van der Waals surface area contributed by atoms with Crippen LogP contribution in [-0.2, 0) is 6.54 Å². The molecule has 1 fully saturated rings. The highest BCUT2D eigenvalue weighted by atomic mass is 15.2. The van der Waals surface area contributed by atoms with Crippen LogP contribution in [0, 0.1) is 11.3 Å². The number of rotatable bonds is 7. The predicted octanol–water partition coefficient (Wildman–Crippen LogP) is 6.50. The van der Waals surface area contributed by atoms with Gasteiger partial charge >= 0.3 is 0 Å². The molecule has 230 valence electrons. The van der Waals surface area contributed by atoms with E-state index in [1.165, 1.54) is 11.9 Å². The highest BCUT2D eigenvalue weighted by molar-refractivity contribution is 5.84. The molecule has 0 radical (unpaired) electrons. The van der Waals surface area contributed by atoms with E-state index in [0.29, 0.717) is 29.2 Å². The van der Waals surface area contributed by atoms with E-state index in [-0.39, 0.29) is 0 Å². The number of likely N-dealkylation sites (tertiary alicyclic amines) is 1. The maximum atomic E-state index is 9.10. The second kappa shape index (κ2) is 14.0. The molecule has 1 saturated heterocycles. The van der Waals surface area contributed by atoms with Crippen LogP contribution in [0.15, 0.2) is 97.5 Å². The van der Waals surface area contributed by atoms with Crippen molar-refractivity contribution in [1.82, 2.24) is 34.4 Å². The van der Waals surface area contributed by atoms with Crippen molar-refractivity contribution in [2.45, 2.75) is 39.3 Å². The lowest BCUT2D eigenvalue weighted by Gasteiger charge is -2.32. The maximum Gasteiger partial charge on any atom is 0.165 e. The molecule has 1 aliphatic heterocycles. The van der Waals surface area contributed by atoms with Gasteiger partial charge < -0.3 is 11.1 Å². The zero-order chi connectivity index (χ0) is 31.9. The van der Waals surface area contributed by atoms with Gasteiger partial charge in [-0.3, -0.25) is 9.47 Å². The van der Waals surface area contributed by atoms with Gasteiger partial charge in [0.25, 0.3) is 0 Å². The first-order valence-corrected chi connectivity index (χ1v) is 15.6. The van der Waals surface area contributed by atoms with Crippen molar-refractivity contribution < 1.29 is 0 Å². The molecule has 0 atom stereocenters. The second-order valence-corrected chi connectivity index (χ2v) is 10.9. The van der Waals surface area contributed by atoms with E-state index in [9.17, 15) is 0 Å². The fourth-order valence-electron chi connectivity index (χ4n) is 5.71. The Bertz CT molecular complexity index is 1950. The van der Waals surface area contributed by atoms with Gasteiger partial charge in [-0.15, -0.1) is 0 Å². The van der Waals surface area contributed by atoms with Crippen molar-refractivity contribution in [3.05, 3.63) is 109 Å². The van der Waals surface area contributed by atoms with Crippen LogP contribution in [0.5, 0.6) is 0 Å². The van der Waals surface area contributed by atoms with Crippen LogP contribution < -0.4 is 11.1 Å². The highest BCUT2D eigenvalue weighted by Crippen LogP contribution is 2.32. The molecular formula is C36H36N10. The Kier molecular flexibility index (Phi) is 9.22. The second-order valence-electron chi connectivity index (χ2n) is 10.9. The number of hydrogen-bond donors (Lipinski definition) is 2. The van der Waals surface area contributed by atoms with Crippen LogP contribution in [-0.4, -0.2) is 53.5 Å². The Balaban J connectivity index is 0.00000182. The Morgan fingerprint density at radius 1 is 0.891 bits per heavy atom. The molecule has 0 aliphatic carbocycles. The lowest BCUT2D eigenvalue weighted by molar-refractivity contribution is 0.211. The quantitative estimate of drug-likeness (QED) is 0.208. The average Bonchev–Trinajstić information content (AvgIpc) is 3.49. The van der Waals surface area contributed by atoms with Crippen LogP contribution in [0.4, 0.5) is 11.6 Å². The smallest absolute Gasteiger partial charge is 0.165 e. The van der Waals surface area contributed by atoms with Gasteiger partial charge in [0.15, 0.2) is 11.5 Å². The summed E-state index contributed by atoms with van der Waals surface area (Å²) in [6.07, 6.45) is 5.11. The lowest BCUT2D eigenvalue weighted by Crippen LogP contribution is -2.38. The van der Waals surface area contributed by atoms with Gasteiger partial charge in [0.05, 0.1) is 11.3 Å². The zero-order valence-electron chi connectivity index (χ0n) is 26.0. The van der Waals surface area contributed by atoms with Crippen molar-refractivity contribution in [3.8, 4) is 34.4 Å². The third kappa shape index (κ3) is 6.55. The van der Waals surface area contributed by atoms with Gasteiger partial charge in [-0.05, 0) is 54.8 Å². The fraction of sp³-hybridized carbons (Fsp3) is 0.222. The van der Waals surface area contributed by atoms with Crippen LogP contribution >= 0.6 is 0 Å². The van der Waals surface area contributed by atoms with E-state index in [4.69, 9.17) is 21.0 Å². The monoisotopic (exact) mass is 608 g/mol. The molecule has 7 rings (SSSR count). The van der Waals surface area contributed by atoms with Gasteiger partial charge in [0.1, 0.15) is 35.2 Å². The molecule has 6 aromatic rings. The molecular weight excluding hydrogens is 572 g/mol. The Hall–Kier alpha value is -5.66. The van der Waals surface area contributed by atoms with Crippen LogP contribution in [0.2, 0.25) is 0 Å². The lowest BCUT2D eigenvalue weighted by atomic mass is 10.0. The summed E-state index contributed by atoms with van der Waals surface area (Å²) in [5, 5.41) is 12.6. The number of nitriles is 1. The Morgan fingerprint density at radius 2 is 1.67 bits per heavy atom. The summed E-state index contributed by atoms with van der Waals surface area (Å²) < 4.78 is 2.07. The minimum Gasteiger partial charge on any atom is -0.383 e. The standard InChI is InChI=1S/C34H30N10.C2H6/c35-20-26-19-31(39-22-38-26)40-25-14-17-43(18-15-25)21-23-8-10-27(11-9-23)44-33(28-7-4-16-37-32(28)36)42-30-13-12-29(41-34(30)44)24-5-2-1-3-6-24;1-2/h1-13,16,19,22,25H,14-15,17-18,21H2,(H2,36,37)(H,38,39,40);1-2H3. The minimum absolute atomic E-state index is 0.316. The first-order chi connectivity index (χ1) is 22.6. The number of nitrogens with one attached hydrogen (secondary N) is 1. The van der Waals surface area contributed by atoms with Crippen molar-refractivity contribution >= 4 is 22.8 Å². The number of nitrogens with two attached hydrogens (primary N) is 1. The van der Waals surface area contributed by atoms with Crippen molar-refractivity contribution in [3.63, 3.8) is 0 Å². The van der Waals surface area contributed by atoms with Gasteiger partial charge in [-0.2, -0.15) is 5.26 Å². The maximum absolute atomic E-state index is 9.10. The topological polar surface area (TPSA) is 134 Å². The summed E-state index contributed by atoms with van der Waals surface area (Å²) in [4.78, 5) is 25.0. The molecule has 10 nitrogen and oxygen atoms in total. The normalized spacial score (nSPS) is 13.5. The van der Waals surface area contributed by atoms with Gasteiger partial charge in [-0.25, -0.2) is 24.9 Å². The Morgan fingerprint density at radius 3 is 2.41 bits per heavy atom. The number of nitrogens with zero attached hydrogens (tertiary/aromatic N) is 8. The van der Waals surface area contributed by atoms with Crippen LogP contribution in [0.3, 0.4) is 0 Å². The van der Waals surface area contributed by atoms with Crippen molar-refractivity contribution in [1.29, 1.82) is 5.26 Å². The van der Waals surface area contributed by atoms with Crippen LogP contribution in [0.25, 0.3) is 39.5 Å². The zero-order valence-corrected chi connectivity index (χ0v) is 26.0. The number of piperidine rings is 1. The number of anilines is 2. The Labute approximate surface area is 268 Å².